The molecule has 0 saturated carbocycles. The molecule has 0 aliphatic heterocycles. The van der Waals surface area contributed by atoms with Crippen LogP contribution in [-0.2, 0) is 13.2 Å². The topological polar surface area (TPSA) is 62.2 Å². The third kappa shape index (κ3) is 3.59. The van der Waals surface area contributed by atoms with Gasteiger partial charge >= 0.3 is 0 Å². The van der Waals surface area contributed by atoms with Crippen LogP contribution in [0.25, 0.3) is 0 Å². The van der Waals surface area contributed by atoms with Crippen molar-refractivity contribution in [1.29, 1.82) is 0 Å². The fourth-order valence-electron chi connectivity index (χ4n) is 1.80. The van der Waals surface area contributed by atoms with Crippen molar-refractivity contribution in [3.63, 3.8) is 0 Å². The SMILES string of the molecule is CSc1ccc(C(=O)NCc2ccccc2CO)cn1. The van der Waals surface area contributed by atoms with Crippen molar-refractivity contribution in [1.82, 2.24) is 10.3 Å². The second-order valence-corrected chi connectivity index (χ2v) is 5.03. The molecule has 0 radical (unpaired) electrons. The number of aliphatic hydroxyl groups excluding tert-OH is 1. The van der Waals surface area contributed by atoms with E-state index in [0.717, 1.165) is 16.2 Å². The van der Waals surface area contributed by atoms with Crippen LogP contribution >= 0.6 is 11.8 Å². The molecule has 0 aliphatic rings. The maximum atomic E-state index is 12.0. The van der Waals surface area contributed by atoms with Gasteiger partial charge in [-0.1, -0.05) is 24.3 Å². The summed E-state index contributed by atoms with van der Waals surface area (Å²) in [6.07, 6.45) is 3.51. The number of thioether (sulfide) groups is 1. The van der Waals surface area contributed by atoms with Gasteiger partial charge in [-0.3, -0.25) is 4.79 Å². The number of hydrogen-bond acceptors (Lipinski definition) is 4. The highest BCUT2D eigenvalue weighted by Crippen LogP contribution is 2.12. The Balaban J connectivity index is 2.01. The van der Waals surface area contributed by atoms with E-state index in [1.807, 2.05) is 36.6 Å². The van der Waals surface area contributed by atoms with Crippen LogP contribution in [0.5, 0.6) is 0 Å². The maximum absolute atomic E-state index is 12.0. The summed E-state index contributed by atoms with van der Waals surface area (Å²) in [5.41, 5.74) is 2.27. The zero-order chi connectivity index (χ0) is 14.4. The summed E-state index contributed by atoms with van der Waals surface area (Å²) >= 11 is 1.53. The molecule has 0 atom stereocenters. The van der Waals surface area contributed by atoms with Gasteiger partial charge in [0, 0.05) is 12.7 Å². The Kier molecular flexibility index (Phi) is 5.15. The van der Waals surface area contributed by atoms with E-state index in [1.54, 1.807) is 12.3 Å². The fourth-order valence-corrected chi connectivity index (χ4v) is 2.16. The number of nitrogens with zero attached hydrogens (tertiary/aromatic N) is 1. The molecule has 1 amide bonds. The summed E-state index contributed by atoms with van der Waals surface area (Å²) in [7, 11) is 0. The standard InChI is InChI=1S/C15H16N2O2S/c1-20-14-7-6-12(9-16-14)15(19)17-8-11-4-2-3-5-13(11)10-18/h2-7,9,18H,8,10H2,1H3,(H,17,19). The lowest BCUT2D eigenvalue weighted by Gasteiger charge is -2.09. The number of carbonyl (C=O) groups is 1. The quantitative estimate of drug-likeness (QED) is 0.828. The number of pyridine rings is 1. The first-order valence-electron chi connectivity index (χ1n) is 6.20. The molecular weight excluding hydrogens is 272 g/mol. The fraction of sp³-hybridized carbons (Fsp3) is 0.200. The number of aliphatic hydroxyl groups is 1. The summed E-state index contributed by atoms with van der Waals surface area (Å²) < 4.78 is 0. The second kappa shape index (κ2) is 7.07. The molecule has 0 unspecified atom stereocenters. The average molecular weight is 288 g/mol. The van der Waals surface area contributed by atoms with Gasteiger partial charge < -0.3 is 10.4 Å². The highest BCUT2D eigenvalue weighted by Gasteiger charge is 2.07. The normalized spacial score (nSPS) is 10.3. The van der Waals surface area contributed by atoms with Gasteiger partial charge in [0.05, 0.1) is 17.2 Å². The van der Waals surface area contributed by atoms with Gasteiger partial charge in [-0.15, -0.1) is 11.8 Å². The Morgan fingerprint density at radius 2 is 2.00 bits per heavy atom. The Hall–Kier alpha value is -1.85. The van der Waals surface area contributed by atoms with Crippen LogP contribution in [0.2, 0.25) is 0 Å². The van der Waals surface area contributed by atoms with Crippen molar-refractivity contribution in [3.05, 3.63) is 59.3 Å². The van der Waals surface area contributed by atoms with Crippen LogP contribution in [0.15, 0.2) is 47.6 Å². The van der Waals surface area contributed by atoms with Gasteiger partial charge in [-0.25, -0.2) is 4.98 Å². The molecule has 0 aliphatic carbocycles. The summed E-state index contributed by atoms with van der Waals surface area (Å²) in [5, 5.41) is 12.9. The van der Waals surface area contributed by atoms with E-state index in [9.17, 15) is 9.90 Å². The van der Waals surface area contributed by atoms with Crippen LogP contribution in [0.4, 0.5) is 0 Å². The maximum Gasteiger partial charge on any atom is 0.253 e. The Morgan fingerprint density at radius 1 is 1.25 bits per heavy atom. The van der Waals surface area contributed by atoms with E-state index in [4.69, 9.17) is 0 Å². The molecule has 1 aromatic carbocycles. The predicted molar refractivity (Wildman–Crippen MR) is 79.6 cm³/mol. The van der Waals surface area contributed by atoms with E-state index >= 15 is 0 Å². The average Bonchev–Trinajstić information content (AvgIpc) is 2.53. The molecule has 20 heavy (non-hydrogen) atoms. The smallest absolute Gasteiger partial charge is 0.253 e. The van der Waals surface area contributed by atoms with Gasteiger partial charge in [0.2, 0.25) is 0 Å². The van der Waals surface area contributed by atoms with E-state index < -0.39 is 0 Å². The van der Waals surface area contributed by atoms with Crippen LogP contribution in [-0.4, -0.2) is 22.3 Å². The zero-order valence-electron chi connectivity index (χ0n) is 11.2. The highest BCUT2D eigenvalue weighted by molar-refractivity contribution is 7.98. The molecule has 0 fully saturated rings. The van der Waals surface area contributed by atoms with Crippen LogP contribution in [0.3, 0.4) is 0 Å². The lowest BCUT2D eigenvalue weighted by Crippen LogP contribution is -2.23. The molecule has 1 heterocycles. The minimum atomic E-state index is -0.169. The molecule has 2 N–H and O–H groups in total. The second-order valence-electron chi connectivity index (χ2n) is 4.20. The van der Waals surface area contributed by atoms with Crippen molar-refractivity contribution in [3.8, 4) is 0 Å². The highest BCUT2D eigenvalue weighted by atomic mass is 32.2. The molecule has 2 aromatic rings. The number of carbonyl (C=O) groups excluding carboxylic acids is 1. The summed E-state index contributed by atoms with van der Waals surface area (Å²) in [4.78, 5) is 16.2. The van der Waals surface area contributed by atoms with Crippen molar-refractivity contribution in [2.75, 3.05) is 6.26 Å². The summed E-state index contributed by atoms with van der Waals surface area (Å²) in [6.45, 7) is 0.357. The van der Waals surface area contributed by atoms with Gasteiger partial charge in [0.1, 0.15) is 0 Å². The third-order valence-electron chi connectivity index (χ3n) is 2.94. The number of amides is 1. The first-order valence-corrected chi connectivity index (χ1v) is 7.43. The van der Waals surface area contributed by atoms with Gasteiger partial charge in [-0.2, -0.15) is 0 Å². The van der Waals surface area contributed by atoms with Crippen molar-refractivity contribution in [2.45, 2.75) is 18.2 Å². The molecule has 4 nitrogen and oxygen atoms in total. The molecule has 0 bridgehead atoms. The monoisotopic (exact) mass is 288 g/mol. The van der Waals surface area contributed by atoms with Gasteiger partial charge in [0.15, 0.2) is 0 Å². The summed E-state index contributed by atoms with van der Waals surface area (Å²) in [6, 6.07) is 11.1. The van der Waals surface area contributed by atoms with E-state index in [2.05, 4.69) is 10.3 Å². The minimum absolute atomic E-state index is 0.0317. The minimum Gasteiger partial charge on any atom is -0.392 e. The molecule has 5 heteroatoms. The molecule has 0 spiro atoms. The van der Waals surface area contributed by atoms with Crippen molar-refractivity contribution >= 4 is 17.7 Å². The van der Waals surface area contributed by atoms with Crippen molar-refractivity contribution in [2.24, 2.45) is 0 Å². The number of aromatic nitrogens is 1. The Bertz CT molecular complexity index is 585. The van der Waals surface area contributed by atoms with Gasteiger partial charge in [0.25, 0.3) is 5.91 Å². The Morgan fingerprint density at radius 3 is 2.60 bits per heavy atom. The Labute approximate surface area is 122 Å². The van der Waals surface area contributed by atoms with Crippen LogP contribution in [0.1, 0.15) is 21.5 Å². The predicted octanol–water partition coefficient (Wildman–Crippen LogP) is 2.23. The van der Waals surface area contributed by atoms with Crippen LogP contribution in [0, 0.1) is 0 Å². The molecule has 0 saturated heterocycles. The number of hydrogen-bond donors (Lipinski definition) is 2. The lowest BCUT2D eigenvalue weighted by atomic mass is 10.1. The zero-order valence-corrected chi connectivity index (χ0v) is 12.0. The molecule has 104 valence electrons. The van der Waals surface area contributed by atoms with Crippen molar-refractivity contribution < 1.29 is 9.90 Å². The van der Waals surface area contributed by atoms with E-state index in [1.165, 1.54) is 11.8 Å². The number of rotatable bonds is 5. The third-order valence-corrected chi connectivity index (χ3v) is 3.60. The van der Waals surface area contributed by atoms with E-state index in [-0.39, 0.29) is 12.5 Å². The lowest BCUT2D eigenvalue weighted by molar-refractivity contribution is 0.0950. The first kappa shape index (κ1) is 14.6. The molecular formula is C15H16N2O2S. The van der Waals surface area contributed by atoms with E-state index in [0.29, 0.717) is 12.1 Å². The first-order chi connectivity index (χ1) is 9.74. The molecule has 1 aromatic heterocycles. The summed E-state index contributed by atoms with van der Waals surface area (Å²) in [5.74, 6) is -0.169. The van der Waals surface area contributed by atoms with Crippen LogP contribution < -0.4 is 5.32 Å². The number of nitrogens with one attached hydrogen (secondary N) is 1. The van der Waals surface area contributed by atoms with Gasteiger partial charge in [-0.05, 0) is 29.5 Å². The largest absolute Gasteiger partial charge is 0.392 e. The molecule has 2 rings (SSSR count). The number of benzene rings is 1.